The number of carbonyl (C=O) groups excluding carboxylic acids is 3. The highest BCUT2D eigenvalue weighted by Crippen LogP contribution is 2.29. The fourth-order valence-corrected chi connectivity index (χ4v) is 4.95. The Kier molecular flexibility index (Phi) is 5.34. The average Bonchev–Trinajstić information content (AvgIpc) is 3.62. The third-order valence-electron chi connectivity index (χ3n) is 5.76. The zero-order chi connectivity index (χ0) is 24.6. The van der Waals surface area contributed by atoms with E-state index in [1.807, 2.05) is 48.5 Å². The van der Waals surface area contributed by atoms with E-state index in [0.717, 1.165) is 20.7 Å². The third-order valence-corrected chi connectivity index (χ3v) is 6.78. The molecule has 1 fully saturated rings. The Morgan fingerprint density at radius 3 is 2.47 bits per heavy atom. The second-order valence-corrected chi connectivity index (χ2v) is 9.14. The maximum absolute atomic E-state index is 13.0. The first-order valence-corrected chi connectivity index (χ1v) is 11.9. The first kappa shape index (κ1) is 21.8. The first-order valence-electron chi connectivity index (χ1n) is 11.1. The van der Waals surface area contributed by atoms with Crippen LogP contribution in [-0.4, -0.2) is 38.9 Å². The van der Waals surface area contributed by atoms with Gasteiger partial charge in [-0.2, -0.15) is 0 Å². The molecule has 0 aliphatic carbocycles. The second-order valence-electron chi connectivity index (χ2n) is 8.11. The number of aromatic nitrogens is 3. The molecule has 3 aromatic carbocycles. The number of nitrogens with zero attached hydrogens (tertiary/aromatic N) is 4. The number of urea groups is 1. The molecule has 0 bridgehead atoms. The molecule has 9 nitrogen and oxygen atoms in total. The van der Waals surface area contributed by atoms with Crippen LogP contribution in [0.3, 0.4) is 0 Å². The lowest BCUT2D eigenvalue weighted by atomic mass is 10.1. The lowest BCUT2D eigenvalue weighted by molar-refractivity contribution is -0.118. The number of benzene rings is 3. The molecule has 36 heavy (non-hydrogen) atoms. The van der Waals surface area contributed by atoms with Crippen molar-refractivity contribution >= 4 is 45.0 Å². The van der Waals surface area contributed by atoms with Gasteiger partial charge in [0.2, 0.25) is 5.89 Å². The molecule has 5 aromatic rings. The monoisotopic (exact) mass is 495 g/mol. The van der Waals surface area contributed by atoms with E-state index < -0.39 is 23.8 Å². The van der Waals surface area contributed by atoms with Crippen LogP contribution in [0.25, 0.3) is 21.3 Å². The Morgan fingerprint density at radius 2 is 1.69 bits per heavy atom. The number of fused-ring (bicyclic) bond motifs is 1. The van der Waals surface area contributed by atoms with Gasteiger partial charge in [0.15, 0.2) is 5.01 Å². The molecule has 1 unspecified atom stereocenters. The quantitative estimate of drug-likeness (QED) is 0.276. The minimum Gasteiger partial charge on any atom is -0.418 e. The second kappa shape index (κ2) is 8.82. The number of rotatable bonds is 6. The molecule has 6 rings (SSSR count). The summed E-state index contributed by atoms with van der Waals surface area (Å²) in [5.41, 5.74) is 3.26. The minimum absolute atomic E-state index is 0.0333. The Balaban J connectivity index is 1.19. The number of imide groups is 1. The highest BCUT2D eigenvalue weighted by atomic mass is 32.1. The molecule has 3 heterocycles. The summed E-state index contributed by atoms with van der Waals surface area (Å²) in [6, 6.07) is 23.0. The number of ketones is 1. The Bertz CT molecular complexity index is 1610. The van der Waals surface area contributed by atoms with Crippen LogP contribution in [0.15, 0.2) is 83.3 Å². The van der Waals surface area contributed by atoms with Crippen LogP contribution in [0.1, 0.15) is 21.6 Å². The van der Waals surface area contributed by atoms with Crippen LogP contribution in [0.2, 0.25) is 0 Å². The molecule has 10 heteroatoms. The van der Waals surface area contributed by atoms with Crippen LogP contribution in [0, 0.1) is 0 Å². The summed E-state index contributed by atoms with van der Waals surface area (Å²) in [5, 5.41) is 10.6. The van der Waals surface area contributed by atoms with Crippen molar-refractivity contribution < 1.29 is 18.8 Å². The van der Waals surface area contributed by atoms with E-state index in [4.69, 9.17) is 4.42 Å². The standard InChI is InChI=1S/C26H17N5O4S/c32-22(24-27-18-12-11-16(13-20(18)36-24)15-7-3-1-4-8-15)23-30-29-21(35-23)14-19-25(33)31(26(34)28-19)17-9-5-2-6-10-17/h1-13,19H,14H2,(H,28,34). The molecule has 2 aromatic heterocycles. The average molecular weight is 496 g/mol. The van der Waals surface area contributed by atoms with E-state index >= 15 is 0 Å². The van der Waals surface area contributed by atoms with E-state index in [2.05, 4.69) is 20.5 Å². The Morgan fingerprint density at radius 1 is 0.944 bits per heavy atom. The normalized spacial score (nSPS) is 15.4. The molecule has 1 aliphatic rings. The first-order chi connectivity index (χ1) is 17.6. The molecule has 0 spiro atoms. The molecule has 176 valence electrons. The molecular formula is C26H17N5O4S. The number of nitrogens with one attached hydrogen (secondary N) is 1. The molecule has 1 aliphatic heterocycles. The number of carbonyl (C=O) groups is 3. The van der Waals surface area contributed by atoms with Crippen molar-refractivity contribution in [1.29, 1.82) is 0 Å². The van der Waals surface area contributed by atoms with Crippen molar-refractivity contribution in [3.63, 3.8) is 0 Å². The summed E-state index contributed by atoms with van der Waals surface area (Å²) < 4.78 is 6.41. The van der Waals surface area contributed by atoms with E-state index in [9.17, 15) is 14.4 Å². The van der Waals surface area contributed by atoms with Gasteiger partial charge in [-0.3, -0.25) is 9.59 Å². The summed E-state index contributed by atoms with van der Waals surface area (Å²) >= 11 is 1.24. The van der Waals surface area contributed by atoms with Crippen LogP contribution in [-0.2, 0) is 11.2 Å². The van der Waals surface area contributed by atoms with Crippen molar-refractivity contribution in [2.45, 2.75) is 12.5 Å². The van der Waals surface area contributed by atoms with Gasteiger partial charge in [-0.1, -0.05) is 54.6 Å². The predicted molar refractivity (Wildman–Crippen MR) is 133 cm³/mol. The van der Waals surface area contributed by atoms with Crippen LogP contribution >= 0.6 is 11.3 Å². The minimum atomic E-state index is -0.875. The van der Waals surface area contributed by atoms with Gasteiger partial charge in [-0.15, -0.1) is 21.5 Å². The molecule has 0 saturated carbocycles. The van der Waals surface area contributed by atoms with Crippen LogP contribution < -0.4 is 10.2 Å². The zero-order valence-electron chi connectivity index (χ0n) is 18.6. The van der Waals surface area contributed by atoms with Crippen molar-refractivity contribution in [3.05, 3.63) is 95.7 Å². The largest absolute Gasteiger partial charge is 0.418 e. The van der Waals surface area contributed by atoms with Crippen molar-refractivity contribution in [3.8, 4) is 11.1 Å². The topological polar surface area (TPSA) is 118 Å². The van der Waals surface area contributed by atoms with E-state index in [0.29, 0.717) is 11.2 Å². The van der Waals surface area contributed by atoms with E-state index in [1.165, 1.54) is 11.3 Å². The number of thiazole rings is 1. The third kappa shape index (κ3) is 3.93. The maximum Gasteiger partial charge on any atom is 0.329 e. The maximum atomic E-state index is 13.0. The van der Waals surface area contributed by atoms with Crippen LogP contribution in [0.5, 0.6) is 0 Å². The zero-order valence-corrected chi connectivity index (χ0v) is 19.4. The smallest absolute Gasteiger partial charge is 0.329 e. The van der Waals surface area contributed by atoms with Gasteiger partial charge in [0.25, 0.3) is 17.6 Å². The van der Waals surface area contributed by atoms with Gasteiger partial charge in [-0.25, -0.2) is 14.7 Å². The Hall–Kier alpha value is -4.70. The number of amides is 3. The molecule has 1 N–H and O–H groups in total. The molecule has 0 radical (unpaired) electrons. The van der Waals surface area contributed by atoms with E-state index in [-0.39, 0.29) is 23.2 Å². The van der Waals surface area contributed by atoms with Crippen molar-refractivity contribution in [2.24, 2.45) is 0 Å². The number of hydrogen-bond acceptors (Lipinski definition) is 8. The lowest BCUT2D eigenvalue weighted by Crippen LogP contribution is -2.32. The highest BCUT2D eigenvalue weighted by molar-refractivity contribution is 7.20. The number of para-hydroxylation sites is 1. The lowest BCUT2D eigenvalue weighted by Gasteiger charge is -2.12. The van der Waals surface area contributed by atoms with E-state index in [1.54, 1.807) is 30.3 Å². The van der Waals surface area contributed by atoms with Crippen LogP contribution in [0.4, 0.5) is 10.5 Å². The summed E-state index contributed by atoms with van der Waals surface area (Å²) in [5.74, 6) is -1.08. The van der Waals surface area contributed by atoms with Gasteiger partial charge >= 0.3 is 6.03 Å². The Labute approximate surface area is 208 Å². The molecule has 1 atom stereocenters. The van der Waals surface area contributed by atoms with Crippen molar-refractivity contribution in [1.82, 2.24) is 20.5 Å². The molecular weight excluding hydrogens is 478 g/mol. The SMILES string of the molecule is O=C(c1nnc(CC2NC(=O)N(c3ccccc3)C2=O)o1)c1nc2ccc(-c3ccccc3)cc2s1. The fraction of sp³-hybridized carbons (Fsp3) is 0.0769. The summed E-state index contributed by atoms with van der Waals surface area (Å²) in [7, 11) is 0. The van der Waals surface area contributed by atoms with Gasteiger partial charge in [0.1, 0.15) is 6.04 Å². The van der Waals surface area contributed by atoms with Gasteiger partial charge in [0, 0.05) is 0 Å². The number of hydrogen-bond donors (Lipinski definition) is 1. The predicted octanol–water partition coefficient (Wildman–Crippen LogP) is 4.24. The van der Waals surface area contributed by atoms with Gasteiger partial charge in [-0.05, 0) is 35.4 Å². The number of anilines is 1. The van der Waals surface area contributed by atoms with Gasteiger partial charge < -0.3 is 9.73 Å². The van der Waals surface area contributed by atoms with Gasteiger partial charge in [0.05, 0.1) is 22.3 Å². The highest BCUT2D eigenvalue weighted by Gasteiger charge is 2.40. The summed E-state index contributed by atoms with van der Waals surface area (Å²) in [6.45, 7) is 0. The summed E-state index contributed by atoms with van der Waals surface area (Å²) in [6.07, 6.45) is -0.0333. The molecule has 3 amide bonds. The summed E-state index contributed by atoms with van der Waals surface area (Å²) in [4.78, 5) is 43.6. The molecule has 1 saturated heterocycles. The fourth-order valence-electron chi connectivity index (χ4n) is 4.02. The van der Waals surface area contributed by atoms with Crippen molar-refractivity contribution in [2.75, 3.05) is 4.90 Å².